The minimum Gasteiger partial charge on any atom is -0.491 e. The van der Waals surface area contributed by atoms with Crippen molar-refractivity contribution in [2.75, 3.05) is 250 Å². The lowest BCUT2D eigenvalue weighted by Crippen LogP contribution is -2.37. The molecule has 0 aliphatic rings. The fourth-order valence-electron chi connectivity index (χ4n) is 9.27. The van der Waals surface area contributed by atoms with Crippen molar-refractivity contribution in [1.82, 2.24) is 4.90 Å². The molecule has 0 unspecified atom stereocenters. The molecule has 4 aromatic rings. The molecule has 0 atom stereocenters. The average molecular weight is 1550 g/mol. The standard InChI is InChI=1S/C36H50O10.C16H26O4.C13H28O5.C11H23NO3.C8H18O2/c1-27(2)15-28-16-35(45-25-29-18-31(41-11-7-37-3)22-32(19-29)42-12-8-38-4)24-36(17-28)46-26-30-20-33(43-13-9-39-5)23-34(21-30)44-14-10-40-6;1-13(2)9-14-10-15(19-7-5-17-3)12-16(11-14)20-8-6-18-4;1-12(2)9-18-13(10-16-7-5-14-3)11-17-8-6-15-4;1-10(2)9-11(13)12(5-7-14-3)6-8-15-4;1-8(2,3)7-10-6-5-9-4/h16-24,27H,7-15,25-26H2,1-6H3;10-13H,5-9H2,1-4H3;12-13H,5-11H2,1-4H3;10H,5-9H2,1-4H3;5-7H2,1-4H3. The highest BCUT2D eigenvalue weighted by atomic mass is 16.6. The third-order valence-electron chi connectivity index (χ3n) is 14.4. The minimum atomic E-state index is -0.0267. The van der Waals surface area contributed by atoms with Crippen LogP contribution >= 0.6 is 0 Å². The zero-order chi connectivity index (χ0) is 81.1. The maximum atomic E-state index is 11.8. The van der Waals surface area contributed by atoms with E-state index in [-0.39, 0.29) is 17.4 Å². The number of ether oxygens (including phenoxy) is 23. The number of carbonyl (C=O) groups is 1. The molecule has 109 heavy (non-hydrogen) atoms. The molecule has 25 nitrogen and oxygen atoms in total. The maximum Gasteiger partial charge on any atom is 0.222 e. The first-order valence-corrected chi connectivity index (χ1v) is 38.0. The van der Waals surface area contributed by atoms with Crippen molar-refractivity contribution in [2.45, 2.75) is 115 Å². The van der Waals surface area contributed by atoms with Gasteiger partial charge in [-0.05, 0) is 113 Å². The fraction of sp³-hybridized carbons (Fsp3) is 0.702. The van der Waals surface area contributed by atoms with Gasteiger partial charge in [0.15, 0.2) is 0 Å². The van der Waals surface area contributed by atoms with Gasteiger partial charge in [0, 0.05) is 129 Å². The zero-order valence-corrected chi connectivity index (χ0v) is 71.0. The van der Waals surface area contributed by atoms with E-state index >= 15 is 0 Å². The van der Waals surface area contributed by atoms with Crippen molar-refractivity contribution in [2.24, 2.45) is 29.1 Å². The molecule has 0 aliphatic heterocycles. The van der Waals surface area contributed by atoms with Gasteiger partial charge in [0.25, 0.3) is 0 Å². The first-order chi connectivity index (χ1) is 52.4. The van der Waals surface area contributed by atoms with Gasteiger partial charge in [0.05, 0.1) is 112 Å². The van der Waals surface area contributed by atoms with Crippen LogP contribution in [-0.4, -0.2) is 267 Å². The second-order valence-electron chi connectivity index (χ2n) is 28.1. The molecule has 25 heteroatoms. The molecular weight excluding hydrogens is 1410 g/mol. The smallest absolute Gasteiger partial charge is 0.222 e. The van der Waals surface area contributed by atoms with Crippen molar-refractivity contribution in [3.05, 3.63) is 95.1 Å². The molecule has 630 valence electrons. The van der Waals surface area contributed by atoms with Gasteiger partial charge < -0.3 is 114 Å². The molecule has 0 fully saturated rings. The highest BCUT2D eigenvalue weighted by Crippen LogP contribution is 2.31. The van der Waals surface area contributed by atoms with Crippen LogP contribution in [0.4, 0.5) is 0 Å². The number of carbonyl (C=O) groups excluding carboxylic acids is 1. The molecule has 0 bridgehead atoms. The Morgan fingerprint density at radius 3 is 0.826 bits per heavy atom. The topological polar surface area (TPSA) is 233 Å². The van der Waals surface area contributed by atoms with Crippen molar-refractivity contribution < 1.29 is 114 Å². The van der Waals surface area contributed by atoms with E-state index in [0.29, 0.717) is 243 Å². The Morgan fingerprint density at radius 2 is 0.569 bits per heavy atom. The Morgan fingerprint density at radius 1 is 0.303 bits per heavy atom. The van der Waals surface area contributed by atoms with Gasteiger partial charge in [0.1, 0.15) is 105 Å². The number of hydrogen-bond acceptors (Lipinski definition) is 24. The van der Waals surface area contributed by atoms with Crippen LogP contribution in [0.25, 0.3) is 0 Å². The SMILES string of the molecule is COCCN(CCOC)C(=O)CC(C)C.COCCOCC(C)(C)C.COCCOCC(COCCOC)OCC(C)C.COCCOc1cc(CC(C)C)cc(OCCOC)c1.COCCOc1cc(COc2cc(CC(C)C)cc(OCc3cc(OCCOC)cc(OCCOC)c3)c2)cc(OCCOC)c1. The maximum absolute atomic E-state index is 11.8. The van der Waals surface area contributed by atoms with Crippen LogP contribution in [0.1, 0.15) is 105 Å². The van der Waals surface area contributed by atoms with Crippen LogP contribution in [-0.2, 0) is 102 Å². The molecule has 4 rings (SSSR count). The van der Waals surface area contributed by atoms with Gasteiger partial charge >= 0.3 is 0 Å². The second kappa shape index (κ2) is 68.9. The van der Waals surface area contributed by atoms with Crippen molar-refractivity contribution in [1.29, 1.82) is 0 Å². The summed E-state index contributed by atoms with van der Waals surface area (Å²) in [7, 11) is 18.2. The van der Waals surface area contributed by atoms with Gasteiger partial charge in [-0.25, -0.2) is 0 Å². The first-order valence-electron chi connectivity index (χ1n) is 38.0. The van der Waals surface area contributed by atoms with E-state index in [0.717, 1.165) is 47.6 Å². The Labute approximate surface area is 656 Å². The molecule has 0 N–H and O–H groups in total. The number of amides is 1. The van der Waals surface area contributed by atoms with Crippen LogP contribution in [0, 0.1) is 29.1 Å². The summed E-state index contributed by atoms with van der Waals surface area (Å²) in [6.45, 7) is 38.9. The third-order valence-corrected chi connectivity index (χ3v) is 14.4. The summed E-state index contributed by atoms with van der Waals surface area (Å²) in [5.74, 6) is 7.94. The minimum absolute atomic E-state index is 0.0267. The van der Waals surface area contributed by atoms with Crippen LogP contribution < -0.4 is 37.9 Å². The number of methoxy groups -OCH3 is 11. The molecule has 0 aromatic heterocycles. The monoisotopic (exact) mass is 1550 g/mol. The van der Waals surface area contributed by atoms with E-state index in [4.69, 9.17) is 109 Å². The number of nitrogens with zero attached hydrogens (tertiary/aromatic N) is 1. The van der Waals surface area contributed by atoms with E-state index in [2.05, 4.69) is 86.6 Å². The van der Waals surface area contributed by atoms with E-state index in [1.165, 1.54) is 5.56 Å². The lowest BCUT2D eigenvalue weighted by molar-refractivity contribution is -0.133. The largest absolute Gasteiger partial charge is 0.491 e. The van der Waals surface area contributed by atoms with E-state index in [1.807, 2.05) is 62.4 Å². The predicted octanol–water partition coefficient (Wildman–Crippen LogP) is 13.3. The summed E-state index contributed by atoms with van der Waals surface area (Å²) < 4.78 is 125. The molecule has 0 saturated carbocycles. The second-order valence-corrected chi connectivity index (χ2v) is 28.1. The molecule has 0 spiro atoms. The normalized spacial score (nSPS) is 11.1. The van der Waals surface area contributed by atoms with E-state index < -0.39 is 0 Å². The van der Waals surface area contributed by atoms with Gasteiger partial charge in [-0.15, -0.1) is 0 Å². The lowest BCUT2D eigenvalue weighted by atomic mass is 9.99. The Balaban J connectivity index is 0.00000153. The number of hydrogen-bond donors (Lipinski definition) is 0. The summed E-state index contributed by atoms with van der Waals surface area (Å²) in [5, 5.41) is 0. The predicted molar refractivity (Wildman–Crippen MR) is 428 cm³/mol. The summed E-state index contributed by atoms with van der Waals surface area (Å²) >= 11 is 0. The van der Waals surface area contributed by atoms with Crippen molar-refractivity contribution in [3.63, 3.8) is 0 Å². The molecule has 0 saturated heterocycles. The van der Waals surface area contributed by atoms with Crippen molar-refractivity contribution >= 4 is 5.91 Å². The highest BCUT2D eigenvalue weighted by Gasteiger charge is 2.17. The quantitative estimate of drug-likeness (QED) is 0.0374. The average Bonchev–Trinajstić information content (AvgIpc) is 0.853. The van der Waals surface area contributed by atoms with Gasteiger partial charge in [0.2, 0.25) is 5.91 Å². The first kappa shape index (κ1) is 103. The summed E-state index contributed by atoms with van der Waals surface area (Å²) in [5.41, 5.74) is 4.44. The molecule has 0 radical (unpaired) electrons. The van der Waals surface area contributed by atoms with Crippen LogP contribution in [0.15, 0.2) is 72.8 Å². The Bertz CT molecular complexity index is 2550. The molecule has 0 aliphatic carbocycles. The lowest BCUT2D eigenvalue weighted by Gasteiger charge is -2.22. The Kier molecular flexibility index (Phi) is 65.2. The van der Waals surface area contributed by atoms with Gasteiger partial charge in [-0.1, -0.05) is 76.2 Å². The third kappa shape index (κ3) is 60.5. The summed E-state index contributed by atoms with van der Waals surface area (Å²) in [6.07, 6.45) is 2.45. The molecule has 1 amide bonds. The molecule has 0 heterocycles. The van der Waals surface area contributed by atoms with E-state index in [9.17, 15) is 4.79 Å². The molecular formula is C84H145NO24. The highest BCUT2D eigenvalue weighted by molar-refractivity contribution is 5.76. The molecule has 4 aromatic carbocycles. The van der Waals surface area contributed by atoms with Crippen LogP contribution in [0.2, 0.25) is 0 Å². The van der Waals surface area contributed by atoms with Crippen LogP contribution in [0.3, 0.4) is 0 Å². The van der Waals surface area contributed by atoms with Crippen LogP contribution in [0.5, 0.6) is 46.0 Å². The van der Waals surface area contributed by atoms with E-state index in [1.54, 1.807) is 83.1 Å². The summed E-state index contributed by atoms with van der Waals surface area (Å²) in [6, 6.07) is 23.6. The van der Waals surface area contributed by atoms with Gasteiger partial charge in [-0.2, -0.15) is 0 Å². The Hall–Kier alpha value is -5.85. The number of benzene rings is 4. The number of rotatable bonds is 59. The zero-order valence-electron chi connectivity index (χ0n) is 71.0. The van der Waals surface area contributed by atoms with Crippen molar-refractivity contribution in [3.8, 4) is 46.0 Å². The summed E-state index contributed by atoms with van der Waals surface area (Å²) in [4.78, 5) is 13.6. The van der Waals surface area contributed by atoms with Gasteiger partial charge in [-0.3, -0.25) is 4.79 Å². The fourth-order valence-corrected chi connectivity index (χ4v) is 9.27.